The van der Waals surface area contributed by atoms with Crippen LogP contribution in [0.1, 0.15) is 26.0 Å². The molecule has 4 aromatic rings. The van der Waals surface area contributed by atoms with E-state index >= 15 is 0 Å². The minimum atomic E-state index is -0.337. The number of nitrogens with one attached hydrogen (secondary N) is 1. The smallest absolute Gasteiger partial charge is 0.275 e. The number of hydrogen-bond acceptors (Lipinski definition) is 6. The van der Waals surface area contributed by atoms with E-state index in [0.29, 0.717) is 23.9 Å². The van der Waals surface area contributed by atoms with Gasteiger partial charge in [0.2, 0.25) is 5.91 Å². The molecule has 0 aliphatic rings. The first-order chi connectivity index (χ1) is 16.0. The molecule has 8 nitrogen and oxygen atoms in total. The fourth-order valence-corrected chi connectivity index (χ4v) is 4.39. The average Bonchev–Trinajstić information content (AvgIpc) is 3.37. The molecule has 9 heteroatoms. The van der Waals surface area contributed by atoms with Crippen LogP contribution in [-0.4, -0.2) is 31.5 Å². The minimum Gasteiger partial charge on any atom is -0.350 e. The quantitative estimate of drug-likeness (QED) is 0.433. The summed E-state index contributed by atoms with van der Waals surface area (Å²) in [5.41, 5.74) is 0.950. The Balaban J connectivity index is 1.52. The summed E-state index contributed by atoms with van der Waals surface area (Å²) in [6.07, 6.45) is 1.25. The molecule has 1 N–H and O–H groups in total. The molecule has 0 fully saturated rings. The molecule has 3 heterocycles. The maximum absolute atomic E-state index is 12.8. The molecular weight excluding hydrogens is 438 g/mol. The van der Waals surface area contributed by atoms with Gasteiger partial charge in [0, 0.05) is 17.5 Å². The molecule has 33 heavy (non-hydrogen) atoms. The van der Waals surface area contributed by atoms with Gasteiger partial charge in [0.05, 0.1) is 22.5 Å². The lowest BCUT2D eigenvalue weighted by Gasteiger charge is -2.18. The van der Waals surface area contributed by atoms with E-state index in [1.165, 1.54) is 15.4 Å². The monoisotopic (exact) mass is 463 g/mol. The Hall–Kier alpha value is -3.59. The van der Waals surface area contributed by atoms with E-state index in [4.69, 9.17) is 0 Å². The number of thiophene rings is 1. The summed E-state index contributed by atoms with van der Waals surface area (Å²) in [5, 5.41) is 15.1. The Bertz CT molecular complexity index is 1390. The van der Waals surface area contributed by atoms with Gasteiger partial charge in [0.25, 0.3) is 11.1 Å². The molecule has 0 saturated heterocycles. The molecule has 1 amide bonds. The van der Waals surface area contributed by atoms with E-state index in [2.05, 4.69) is 15.5 Å². The normalized spacial score (nSPS) is 12.1. The zero-order chi connectivity index (χ0) is 23.4. The van der Waals surface area contributed by atoms with Crippen molar-refractivity contribution in [2.45, 2.75) is 45.8 Å². The van der Waals surface area contributed by atoms with E-state index in [0.717, 1.165) is 16.0 Å². The fourth-order valence-electron chi connectivity index (χ4n) is 3.70. The summed E-state index contributed by atoms with van der Waals surface area (Å²) in [7, 11) is 0. The highest BCUT2D eigenvalue weighted by Gasteiger charge is 2.16. The number of benzene rings is 1. The van der Waals surface area contributed by atoms with Crippen LogP contribution < -0.4 is 16.4 Å². The van der Waals surface area contributed by atoms with Gasteiger partial charge in [-0.15, -0.1) is 11.3 Å². The standard InChI is InChI=1S/C24H25N5O3S/c1-3-16(14-28-23(31)12-11-20(27-28)21-10-7-13-33-21)25-22(30)15-29-24(32)18-9-6-5-8-17(18)19(4-2)26-29/h5-13,16H,3-4,14-15H2,1-2H3,(H,25,30)/t16-/m1/s1. The molecule has 0 unspecified atom stereocenters. The predicted octanol–water partition coefficient (Wildman–Crippen LogP) is 2.84. The average molecular weight is 464 g/mol. The number of nitrogens with zero attached hydrogens (tertiary/aromatic N) is 4. The molecular formula is C24H25N5O3S. The number of aryl methyl sites for hydroxylation is 1. The SMILES string of the molecule is CCc1nn(CC(=O)N[C@H](CC)Cn2nc(-c3cccs3)ccc2=O)c(=O)c2ccccc12. The van der Waals surface area contributed by atoms with E-state index in [9.17, 15) is 14.4 Å². The van der Waals surface area contributed by atoms with Crippen molar-refractivity contribution in [3.8, 4) is 10.6 Å². The molecule has 4 rings (SSSR count). The number of carbonyl (C=O) groups is 1. The number of aromatic nitrogens is 4. The topological polar surface area (TPSA) is 98.9 Å². The largest absolute Gasteiger partial charge is 0.350 e. The third-order valence-corrected chi connectivity index (χ3v) is 6.36. The molecule has 0 radical (unpaired) electrons. The van der Waals surface area contributed by atoms with Gasteiger partial charge in [-0.1, -0.05) is 38.1 Å². The van der Waals surface area contributed by atoms with Crippen LogP contribution in [0.25, 0.3) is 21.3 Å². The zero-order valence-corrected chi connectivity index (χ0v) is 19.3. The fraction of sp³-hybridized carbons (Fsp3) is 0.292. The maximum atomic E-state index is 12.8. The second-order valence-corrected chi connectivity index (χ2v) is 8.65. The number of amides is 1. The summed E-state index contributed by atoms with van der Waals surface area (Å²) in [6.45, 7) is 3.94. The lowest BCUT2D eigenvalue weighted by Crippen LogP contribution is -2.43. The summed E-state index contributed by atoms with van der Waals surface area (Å²) in [5.74, 6) is -0.337. The molecule has 0 aliphatic heterocycles. The summed E-state index contributed by atoms with van der Waals surface area (Å²) in [6, 6.07) is 14.0. The lowest BCUT2D eigenvalue weighted by molar-refractivity contribution is -0.122. The second-order valence-electron chi connectivity index (χ2n) is 7.70. The van der Waals surface area contributed by atoms with Gasteiger partial charge in [-0.05, 0) is 36.4 Å². The first-order valence-corrected chi connectivity index (χ1v) is 11.8. The predicted molar refractivity (Wildman–Crippen MR) is 129 cm³/mol. The van der Waals surface area contributed by atoms with Gasteiger partial charge >= 0.3 is 0 Å². The third kappa shape index (κ3) is 4.93. The van der Waals surface area contributed by atoms with Gasteiger partial charge in [-0.3, -0.25) is 14.4 Å². The number of rotatable bonds is 8. The molecule has 1 aromatic carbocycles. The van der Waals surface area contributed by atoms with Crippen LogP contribution in [-0.2, 0) is 24.3 Å². The Kier molecular flexibility index (Phi) is 6.79. The molecule has 1 atom stereocenters. The molecule has 0 saturated carbocycles. The van der Waals surface area contributed by atoms with Gasteiger partial charge in [0.15, 0.2) is 0 Å². The summed E-state index contributed by atoms with van der Waals surface area (Å²) >= 11 is 1.55. The highest BCUT2D eigenvalue weighted by Crippen LogP contribution is 2.21. The molecule has 0 spiro atoms. The first-order valence-electron chi connectivity index (χ1n) is 10.9. The molecule has 3 aromatic heterocycles. The van der Waals surface area contributed by atoms with E-state index in [-0.39, 0.29) is 36.2 Å². The Labute approximate surface area is 194 Å². The van der Waals surface area contributed by atoms with Crippen LogP contribution in [0, 0.1) is 0 Å². The van der Waals surface area contributed by atoms with Crippen LogP contribution in [0.15, 0.2) is 63.5 Å². The molecule has 0 bridgehead atoms. The van der Waals surface area contributed by atoms with Gasteiger partial charge in [-0.2, -0.15) is 10.2 Å². The van der Waals surface area contributed by atoms with Gasteiger partial charge in [-0.25, -0.2) is 9.36 Å². The van der Waals surface area contributed by atoms with Crippen LogP contribution in [0.3, 0.4) is 0 Å². The lowest BCUT2D eigenvalue weighted by atomic mass is 10.1. The van der Waals surface area contributed by atoms with Crippen LogP contribution in [0.2, 0.25) is 0 Å². The number of carbonyl (C=O) groups excluding carboxylic acids is 1. The van der Waals surface area contributed by atoms with Crippen LogP contribution in [0.4, 0.5) is 0 Å². The van der Waals surface area contributed by atoms with Crippen LogP contribution in [0.5, 0.6) is 0 Å². The van der Waals surface area contributed by atoms with Crippen molar-refractivity contribution in [1.82, 2.24) is 24.9 Å². The molecule has 170 valence electrons. The minimum absolute atomic E-state index is 0.190. The number of fused-ring (bicyclic) bond motifs is 1. The van der Waals surface area contributed by atoms with Crippen molar-refractivity contribution in [1.29, 1.82) is 0 Å². The van der Waals surface area contributed by atoms with Gasteiger partial charge < -0.3 is 5.32 Å². The van der Waals surface area contributed by atoms with Gasteiger partial charge in [0.1, 0.15) is 12.2 Å². The van der Waals surface area contributed by atoms with Crippen molar-refractivity contribution in [2.24, 2.45) is 0 Å². The van der Waals surface area contributed by atoms with Crippen molar-refractivity contribution in [2.75, 3.05) is 0 Å². The third-order valence-electron chi connectivity index (χ3n) is 5.46. The zero-order valence-electron chi connectivity index (χ0n) is 18.5. The number of hydrogen-bond donors (Lipinski definition) is 1. The Morgan fingerprint density at radius 3 is 2.48 bits per heavy atom. The Morgan fingerprint density at radius 1 is 1.00 bits per heavy atom. The van der Waals surface area contributed by atoms with Crippen molar-refractivity contribution in [3.05, 3.63) is 80.3 Å². The second kappa shape index (κ2) is 9.91. The van der Waals surface area contributed by atoms with Crippen molar-refractivity contribution >= 4 is 28.0 Å². The van der Waals surface area contributed by atoms with E-state index in [1.54, 1.807) is 29.5 Å². The summed E-state index contributed by atoms with van der Waals surface area (Å²) < 4.78 is 2.59. The maximum Gasteiger partial charge on any atom is 0.275 e. The summed E-state index contributed by atoms with van der Waals surface area (Å²) in [4.78, 5) is 38.9. The first kappa shape index (κ1) is 22.6. The van der Waals surface area contributed by atoms with E-state index in [1.807, 2.05) is 43.5 Å². The Morgan fingerprint density at radius 2 is 1.79 bits per heavy atom. The van der Waals surface area contributed by atoms with E-state index < -0.39 is 0 Å². The van der Waals surface area contributed by atoms with Crippen molar-refractivity contribution in [3.63, 3.8) is 0 Å². The highest BCUT2D eigenvalue weighted by molar-refractivity contribution is 7.13. The van der Waals surface area contributed by atoms with Crippen molar-refractivity contribution < 1.29 is 4.79 Å². The molecule has 0 aliphatic carbocycles. The highest BCUT2D eigenvalue weighted by atomic mass is 32.1. The van der Waals surface area contributed by atoms with Crippen LogP contribution >= 0.6 is 11.3 Å².